The molecule has 1 aromatic rings. The molecule has 0 atom stereocenters. The number of hydrogen-bond acceptors (Lipinski definition) is 2. The summed E-state index contributed by atoms with van der Waals surface area (Å²) in [5, 5.41) is 13.3. The highest BCUT2D eigenvalue weighted by Crippen LogP contribution is 2.15. The molecule has 0 unspecified atom stereocenters. The summed E-state index contributed by atoms with van der Waals surface area (Å²) in [6.07, 6.45) is 0. The minimum Gasteiger partial charge on any atom is -0.493 e. The van der Waals surface area contributed by atoms with E-state index in [1.807, 2.05) is 20.8 Å². The van der Waals surface area contributed by atoms with Crippen molar-refractivity contribution in [2.75, 3.05) is 0 Å². The Bertz CT molecular complexity index is 228. The van der Waals surface area contributed by atoms with E-state index in [9.17, 15) is 5.11 Å². The highest BCUT2D eigenvalue weighted by Gasteiger charge is 2.04. The Morgan fingerprint density at radius 2 is 2.20 bits per heavy atom. The maximum atomic E-state index is 9.20. The molecule has 1 heterocycles. The van der Waals surface area contributed by atoms with Crippen molar-refractivity contribution in [1.82, 2.24) is 9.78 Å². The highest BCUT2D eigenvalue weighted by atomic mass is 16.3. The third-order valence-corrected chi connectivity index (χ3v) is 1.33. The number of aryl methyl sites for hydroxylation is 1. The minimum atomic E-state index is 0.230. The van der Waals surface area contributed by atoms with E-state index in [0.29, 0.717) is 0 Å². The molecule has 56 valence electrons. The van der Waals surface area contributed by atoms with Crippen molar-refractivity contribution in [3.8, 4) is 5.88 Å². The Morgan fingerprint density at radius 1 is 1.60 bits per heavy atom. The molecule has 0 fully saturated rings. The lowest BCUT2D eigenvalue weighted by atomic mass is 10.4. The van der Waals surface area contributed by atoms with Crippen molar-refractivity contribution >= 4 is 0 Å². The van der Waals surface area contributed by atoms with Crippen LogP contribution in [0.3, 0.4) is 0 Å². The molecule has 1 N–H and O–H groups in total. The first-order valence-electron chi connectivity index (χ1n) is 3.36. The molecule has 0 saturated heterocycles. The molecule has 3 heteroatoms. The van der Waals surface area contributed by atoms with Gasteiger partial charge in [-0.15, -0.1) is 0 Å². The molecule has 0 saturated carbocycles. The van der Waals surface area contributed by atoms with E-state index in [-0.39, 0.29) is 11.9 Å². The number of rotatable bonds is 1. The van der Waals surface area contributed by atoms with Gasteiger partial charge in [-0.2, -0.15) is 5.10 Å². The number of nitrogens with zero attached hydrogens (tertiary/aromatic N) is 2. The van der Waals surface area contributed by atoms with Crippen LogP contribution in [-0.4, -0.2) is 14.9 Å². The van der Waals surface area contributed by atoms with Gasteiger partial charge >= 0.3 is 0 Å². The Kier molecular flexibility index (Phi) is 1.66. The van der Waals surface area contributed by atoms with E-state index in [1.54, 1.807) is 10.7 Å². The highest BCUT2D eigenvalue weighted by molar-refractivity contribution is 5.13. The molecular weight excluding hydrogens is 128 g/mol. The van der Waals surface area contributed by atoms with Crippen LogP contribution < -0.4 is 0 Å². The number of aromatic nitrogens is 2. The van der Waals surface area contributed by atoms with Crippen LogP contribution in [0.2, 0.25) is 0 Å². The maximum Gasteiger partial charge on any atom is 0.209 e. The van der Waals surface area contributed by atoms with Gasteiger partial charge < -0.3 is 5.11 Å². The van der Waals surface area contributed by atoms with Crippen LogP contribution in [0.4, 0.5) is 0 Å². The van der Waals surface area contributed by atoms with Crippen molar-refractivity contribution in [2.24, 2.45) is 0 Å². The van der Waals surface area contributed by atoms with Gasteiger partial charge in [-0.25, -0.2) is 4.68 Å². The minimum absolute atomic E-state index is 0.230. The molecule has 0 aliphatic rings. The Hall–Kier alpha value is -0.990. The quantitative estimate of drug-likeness (QED) is 0.641. The summed E-state index contributed by atoms with van der Waals surface area (Å²) in [4.78, 5) is 0. The Labute approximate surface area is 60.3 Å². The first-order chi connectivity index (χ1) is 4.61. The second-order valence-corrected chi connectivity index (χ2v) is 2.68. The largest absolute Gasteiger partial charge is 0.493 e. The normalized spacial score (nSPS) is 10.8. The molecule has 0 spiro atoms. The monoisotopic (exact) mass is 140 g/mol. The fourth-order valence-corrected chi connectivity index (χ4v) is 0.883. The van der Waals surface area contributed by atoms with Gasteiger partial charge in [0.25, 0.3) is 0 Å². The first kappa shape index (κ1) is 7.12. The predicted molar refractivity (Wildman–Crippen MR) is 39.0 cm³/mol. The van der Waals surface area contributed by atoms with Crippen molar-refractivity contribution in [3.05, 3.63) is 11.8 Å². The average molecular weight is 140 g/mol. The molecule has 1 aromatic heterocycles. The molecule has 0 aromatic carbocycles. The zero-order chi connectivity index (χ0) is 7.72. The fraction of sp³-hybridized carbons (Fsp3) is 0.571. The van der Waals surface area contributed by atoms with Crippen LogP contribution in [-0.2, 0) is 0 Å². The van der Waals surface area contributed by atoms with Gasteiger partial charge in [-0.1, -0.05) is 0 Å². The topological polar surface area (TPSA) is 38.0 Å². The van der Waals surface area contributed by atoms with Gasteiger partial charge in [0.1, 0.15) is 0 Å². The van der Waals surface area contributed by atoms with Gasteiger partial charge in [-0.3, -0.25) is 0 Å². The van der Waals surface area contributed by atoms with Crippen molar-refractivity contribution in [2.45, 2.75) is 26.8 Å². The SMILES string of the molecule is Cc1cc(O)n(C(C)C)n1. The molecule has 10 heavy (non-hydrogen) atoms. The summed E-state index contributed by atoms with van der Waals surface area (Å²) in [5.41, 5.74) is 0.853. The Balaban J connectivity index is 3.03. The van der Waals surface area contributed by atoms with Crippen molar-refractivity contribution in [1.29, 1.82) is 0 Å². The van der Waals surface area contributed by atoms with Gasteiger partial charge in [0.05, 0.1) is 11.7 Å². The summed E-state index contributed by atoms with van der Waals surface area (Å²) < 4.78 is 1.59. The molecule has 0 bridgehead atoms. The van der Waals surface area contributed by atoms with Crippen molar-refractivity contribution in [3.63, 3.8) is 0 Å². The van der Waals surface area contributed by atoms with Crippen LogP contribution in [0.5, 0.6) is 5.88 Å². The number of aromatic hydroxyl groups is 1. The lowest BCUT2D eigenvalue weighted by Crippen LogP contribution is -2.01. The Morgan fingerprint density at radius 3 is 2.40 bits per heavy atom. The second kappa shape index (κ2) is 2.33. The van der Waals surface area contributed by atoms with Crippen LogP contribution in [0, 0.1) is 6.92 Å². The lowest BCUT2D eigenvalue weighted by molar-refractivity contribution is 0.377. The first-order valence-corrected chi connectivity index (χ1v) is 3.36. The van der Waals surface area contributed by atoms with Gasteiger partial charge in [0.2, 0.25) is 5.88 Å². The summed E-state index contributed by atoms with van der Waals surface area (Å²) in [7, 11) is 0. The van der Waals surface area contributed by atoms with E-state index in [1.165, 1.54) is 0 Å². The van der Waals surface area contributed by atoms with E-state index in [4.69, 9.17) is 0 Å². The van der Waals surface area contributed by atoms with Gasteiger partial charge in [0.15, 0.2) is 0 Å². The van der Waals surface area contributed by atoms with E-state index in [2.05, 4.69) is 5.10 Å². The predicted octanol–water partition coefficient (Wildman–Crippen LogP) is 1.48. The third-order valence-electron chi connectivity index (χ3n) is 1.33. The van der Waals surface area contributed by atoms with Crippen LogP contribution in [0.25, 0.3) is 0 Å². The smallest absolute Gasteiger partial charge is 0.209 e. The zero-order valence-electron chi connectivity index (χ0n) is 6.50. The van der Waals surface area contributed by atoms with Gasteiger partial charge in [0, 0.05) is 6.07 Å². The maximum absolute atomic E-state index is 9.20. The molecule has 1 rings (SSSR count). The fourth-order valence-electron chi connectivity index (χ4n) is 0.883. The molecule has 3 nitrogen and oxygen atoms in total. The molecule has 0 amide bonds. The standard InChI is InChI=1S/C7H12N2O/c1-5(2)9-7(10)4-6(3)8-9/h4-5,10H,1-3H3. The van der Waals surface area contributed by atoms with Crippen molar-refractivity contribution < 1.29 is 5.11 Å². The van der Waals surface area contributed by atoms with Crippen LogP contribution >= 0.6 is 0 Å². The van der Waals surface area contributed by atoms with E-state index < -0.39 is 0 Å². The molecule has 0 radical (unpaired) electrons. The molecule has 0 aliphatic carbocycles. The van der Waals surface area contributed by atoms with Crippen LogP contribution in [0.1, 0.15) is 25.6 Å². The summed E-state index contributed by atoms with van der Waals surface area (Å²) in [5.74, 6) is 0.243. The third kappa shape index (κ3) is 1.12. The van der Waals surface area contributed by atoms with E-state index >= 15 is 0 Å². The molecule has 0 aliphatic heterocycles. The van der Waals surface area contributed by atoms with Gasteiger partial charge in [-0.05, 0) is 20.8 Å². The zero-order valence-corrected chi connectivity index (χ0v) is 6.50. The summed E-state index contributed by atoms with van der Waals surface area (Å²) in [6, 6.07) is 1.88. The summed E-state index contributed by atoms with van der Waals surface area (Å²) in [6.45, 7) is 5.82. The second-order valence-electron chi connectivity index (χ2n) is 2.68. The lowest BCUT2D eigenvalue weighted by Gasteiger charge is -2.04. The average Bonchev–Trinajstić information content (AvgIpc) is 2.10. The molecular formula is C7H12N2O. The summed E-state index contributed by atoms with van der Waals surface area (Å²) >= 11 is 0. The number of hydrogen-bond donors (Lipinski definition) is 1. The van der Waals surface area contributed by atoms with Crippen LogP contribution in [0.15, 0.2) is 6.07 Å². The van der Waals surface area contributed by atoms with E-state index in [0.717, 1.165) is 5.69 Å².